The number of fused-ring (bicyclic) bond motifs is 8. The van der Waals surface area contributed by atoms with Crippen LogP contribution in [0.15, 0.2) is 146 Å². The molecule has 270 valence electrons. The topological polar surface area (TPSA) is 43.6 Å². The average molecular weight is 741 g/mol. The molecule has 0 amide bonds. The lowest BCUT2D eigenvalue weighted by Crippen LogP contribution is -2.33. The van der Waals surface area contributed by atoms with Crippen LogP contribution in [0, 0.1) is 0 Å². The summed E-state index contributed by atoms with van der Waals surface area (Å²) in [6.07, 6.45) is 2.36. The molecule has 10 aromatic rings. The molecule has 0 unspecified atom stereocenters. The second-order valence-corrected chi connectivity index (χ2v) is 17.7. The molecule has 0 N–H and O–H groups in total. The van der Waals surface area contributed by atoms with Crippen LogP contribution in [0.25, 0.3) is 92.6 Å². The van der Waals surface area contributed by atoms with E-state index in [1.165, 1.54) is 65.9 Å². The van der Waals surface area contributed by atoms with E-state index in [4.69, 9.17) is 15.0 Å². The number of hydrogen-bond donors (Lipinski definition) is 0. The largest absolute Gasteiger partial charge is 0.309 e. The minimum Gasteiger partial charge on any atom is -0.309 e. The molecule has 3 heterocycles. The minimum atomic E-state index is 0.0960. The van der Waals surface area contributed by atoms with Crippen LogP contribution in [-0.2, 0) is 10.8 Å². The zero-order valence-corrected chi connectivity index (χ0v) is 32.8. The van der Waals surface area contributed by atoms with Crippen molar-refractivity contribution in [2.45, 2.75) is 51.4 Å². The molecule has 56 heavy (non-hydrogen) atoms. The summed E-state index contributed by atoms with van der Waals surface area (Å²) in [5.74, 6) is 2.00. The molecule has 3 aromatic heterocycles. The maximum Gasteiger partial charge on any atom is 0.164 e. The molecule has 0 saturated heterocycles. The van der Waals surface area contributed by atoms with Gasteiger partial charge in [0, 0.05) is 53.0 Å². The number of nitrogens with zero attached hydrogens (tertiary/aromatic N) is 4. The molecule has 1 aliphatic rings. The first kappa shape index (κ1) is 33.2. The lowest BCUT2D eigenvalue weighted by atomic mass is 9.63. The number of thiophene rings is 1. The zero-order valence-electron chi connectivity index (χ0n) is 32.0. The van der Waals surface area contributed by atoms with E-state index in [1.54, 1.807) is 0 Å². The molecule has 0 atom stereocenters. The first-order chi connectivity index (χ1) is 27.2. The Morgan fingerprint density at radius 1 is 0.464 bits per heavy atom. The van der Waals surface area contributed by atoms with Crippen molar-refractivity contribution >= 4 is 64.1 Å². The predicted octanol–water partition coefficient (Wildman–Crippen LogP) is 13.8. The van der Waals surface area contributed by atoms with Crippen molar-refractivity contribution in [3.8, 4) is 39.9 Å². The molecule has 0 bridgehead atoms. The summed E-state index contributed by atoms with van der Waals surface area (Å²) in [5, 5.41) is 7.25. The van der Waals surface area contributed by atoms with Gasteiger partial charge < -0.3 is 4.57 Å². The molecular weight excluding hydrogens is 701 g/mol. The summed E-state index contributed by atoms with van der Waals surface area (Å²) < 4.78 is 4.97. The molecule has 7 aromatic carbocycles. The van der Waals surface area contributed by atoms with Gasteiger partial charge in [0.05, 0.1) is 16.7 Å². The van der Waals surface area contributed by atoms with Crippen molar-refractivity contribution in [2.24, 2.45) is 0 Å². The second kappa shape index (κ2) is 12.2. The van der Waals surface area contributed by atoms with Crippen molar-refractivity contribution in [1.29, 1.82) is 0 Å². The average Bonchev–Trinajstić information content (AvgIpc) is 3.77. The smallest absolute Gasteiger partial charge is 0.164 e. The Balaban J connectivity index is 1.17. The first-order valence-electron chi connectivity index (χ1n) is 19.6. The number of hydrogen-bond acceptors (Lipinski definition) is 4. The van der Waals surface area contributed by atoms with Gasteiger partial charge in [0.1, 0.15) is 0 Å². The summed E-state index contributed by atoms with van der Waals surface area (Å²) >= 11 is 1.81. The number of rotatable bonds is 4. The molecule has 4 nitrogen and oxygen atoms in total. The fourth-order valence-corrected chi connectivity index (χ4v) is 10.4. The van der Waals surface area contributed by atoms with Gasteiger partial charge in [0.2, 0.25) is 0 Å². The van der Waals surface area contributed by atoms with Crippen LogP contribution in [0.1, 0.15) is 51.7 Å². The SMILES string of the molecule is CC1(C)CCC(C)(C)c2cc3c(cc21)c1ccccc1n3-c1ccc(-c2nc(-c3ccccc3)nc(-c3cccc4sc5ccccc5c34)n2)c2ccccc12. The Morgan fingerprint density at radius 3 is 1.86 bits per heavy atom. The van der Waals surface area contributed by atoms with Gasteiger partial charge in [-0.1, -0.05) is 131 Å². The maximum atomic E-state index is 5.33. The zero-order chi connectivity index (χ0) is 37.8. The van der Waals surface area contributed by atoms with Crippen molar-refractivity contribution in [2.75, 3.05) is 0 Å². The monoisotopic (exact) mass is 740 g/mol. The van der Waals surface area contributed by atoms with Gasteiger partial charge in [-0.05, 0) is 82.6 Å². The van der Waals surface area contributed by atoms with E-state index in [9.17, 15) is 0 Å². The fraction of sp³-hybridized carbons (Fsp3) is 0.157. The summed E-state index contributed by atoms with van der Waals surface area (Å²) in [4.78, 5) is 15.7. The lowest BCUT2D eigenvalue weighted by Gasteiger charge is -2.42. The third-order valence-electron chi connectivity index (χ3n) is 12.3. The molecule has 11 rings (SSSR count). The summed E-state index contributed by atoms with van der Waals surface area (Å²) in [7, 11) is 0. The van der Waals surface area contributed by atoms with Crippen LogP contribution in [0.2, 0.25) is 0 Å². The van der Waals surface area contributed by atoms with E-state index >= 15 is 0 Å². The van der Waals surface area contributed by atoms with Crippen molar-refractivity contribution in [3.05, 3.63) is 157 Å². The van der Waals surface area contributed by atoms with E-state index in [0.717, 1.165) is 33.2 Å². The van der Waals surface area contributed by atoms with E-state index in [-0.39, 0.29) is 10.8 Å². The van der Waals surface area contributed by atoms with Gasteiger partial charge in [0.15, 0.2) is 17.5 Å². The van der Waals surface area contributed by atoms with Gasteiger partial charge in [-0.3, -0.25) is 0 Å². The van der Waals surface area contributed by atoms with Gasteiger partial charge >= 0.3 is 0 Å². The minimum absolute atomic E-state index is 0.0960. The Kier molecular flexibility index (Phi) is 7.21. The second-order valence-electron chi connectivity index (χ2n) is 16.7. The summed E-state index contributed by atoms with van der Waals surface area (Å²) in [5.41, 5.74) is 9.73. The van der Waals surface area contributed by atoms with E-state index in [1.807, 2.05) is 29.5 Å². The number of aromatic nitrogens is 4. The molecule has 0 aliphatic heterocycles. The standard InChI is InChI=1S/C51H40N4S/c1-50(2)27-28-51(3,4)40-30-43-38(29-39(40)50)34-19-10-12-22-41(34)55(43)42-26-25-35(32-17-8-9-18-33(32)42)48-52-47(31-15-6-5-7-16-31)53-49(54-48)37-21-14-24-45-46(37)36-20-11-13-23-44(36)56-45/h5-26,29-30H,27-28H2,1-4H3. The highest BCUT2D eigenvalue weighted by molar-refractivity contribution is 7.25. The van der Waals surface area contributed by atoms with Crippen molar-refractivity contribution in [1.82, 2.24) is 19.5 Å². The van der Waals surface area contributed by atoms with Crippen LogP contribution < -0.4 is 0 Å². The summed E-state index contributed by atoms with van der Waals surface area (Å²) in [6.45, 7) is 9.66. The highest BCUT2D eigenvalue weighted by Crippen LogP contribution is 2.49. The number of para-hydroxylation sites is 1. The van der Waals surface area contributed by atoms with Crippen LogP contribution in [0.3, 0.4) is 0 Å². The fourth-order valence-electron chi connectivity index (χ4n) is 9.26. The maximum absolute atomic E-state index is 5.33. The molecule has 1 aliphatic carbocycles. The molecule has 0 spiro atoms. The summed E-state index contributed by atoms with van der Waals surface area (Å²) in [6, 6.07) is 52.5. The Labute approximate surface area is 330 Å². The third kappa shape index (κ3) is 5.00. The van der Waals surface area contributed by atoms with Crippen LogP contribution in [-0.4, -0.2) is 19.5 Å². The van der Waals surface area contributed by atoms with Gasteiger partial charge in [-0.15, -0.1) is 11.3 Å². The van der Waals surface area contributed by atoms with E-state index in [0.29, 0.717) is 17.5 Å². The molecule has 0 fully saturated rings. The Morgan fingerprint density at radius 2 is 1.07 bits per heavy atom. The van der Waals surface area contributed by atoms with Crippen LogP contribution in [0.4, 0.5) is 0 Å². The van der Waals surface area contributed by atoms with Crippen molar-refractivity contribution in [3.63, 3.8) is 0 Å². The molecule has 5 heteroatoms. The first-order valence-corrected chi connectivity index (χ1v) is 20.4. The molecule has 0 radical (unpaired) electrons. The quantitative estimate of drug-likeness (QED) is 0.180. The normalized spacial score (nSPS) is 14.9. The van der Waals surface area contributed by atoms with E-state index < -0.39 is 0 Å². The highest BCUT2D eigenvalue weighted by Gasteiger charge is 2.38. The van der Waals surface area contributed by atoms with Gasteiger partial charge in [0.25, 0.3) is 0 Å². The molecular formula is C51H40N4S. The third-order valence-corrected chi connectivity index (χ3v) is 13.5. The Bertz CT molecular complexity index is 3200. The highest BCUT2D eigenvalue weighted by atomic mass is 32.1. The number of benzene rings is 7. The Hall–Kier alpha value is -6.17. The van der Waals surface area contributed by atoms with Crippen molar-refractivity contribution < 1.29 is 0 Å². The van der Waals surface area contributed by atoms with Crippen LogP contribution >= 0.6 is 11.3 Å². The predicted molar refractivity (Wildman–Crippen MR) is 236 cm³/mol. The van der Waals surface area contributed by atoms with Gasteiger partial charge in [-0.2, -0.15) is 0 Å². The molecule has 0 saturated carbocycles. The van der Waals surface area contributed by atoms with Crippen LogP contribution in [0.5, 0.6) is 0 Å². The lowest BCUT2D eigenvalue weighted by molar-refractivity contribution is 0.332. The van der Waals surface area contributed by atoms with E-state index in [2.05, 4.69) is 160 Å². The van der Waals surface area contributed by atoms with Gasteiger partial charge in [-0.25, -0.2) is 15.0 Å².